The van der Waals surface area contributed by atoms with Gasteiger partial charge in [-0.15, -0.1) is 0 Å². The van der Waals surface area contributed by atoms with Crippen LogP contribution in [0.2, 0.25) is 0 Å². The number of hydrogen-bond acceptors (Lipinski definition) is 2. The molecule has 0 saturated carbocycles. The molecule has 3 nitrogen and oxygen atoms in total. The van der Waals surface area contributed by atoms with E-state index >= 15 is 0 Å². The maximum Gasteiger partial charge on any atom is 0.212 e. The van der Waals surface area contributed by atoms with E-state index in [1.54, 1.807) is 13.2 Å². The maximum absolute atomic E-state index is 11.8. The number of rotatable bonds is 2. The van der Waals surface area contributed by atoms with Crippen LogP contribution in [0.15, 0.2) is 60.7 Å². The van der Waals surface area contributed by atoms with E-state index in [1.807, 2.05) is 54.6 Å². The summed E-state index contributed by atoms with van der Waals surface area (Å²) in [5.74, 6) is 0.858. The molecule has 0 atom stereocenters. The normalized spacial score (nSPS) is 15.2. The highest BCUT2D eigenvalue weighted by Crippen LogP contribution is 2.15. The molecule has 2 aromatic rings. The molecule has 1 N–H and O–H groups in total. The molecule has 0 aromatic heterocycles. The van der Waals surface area contributed by atoms with E-state index in [0.29, 0.717) is 0 Å². The number of allylic oxidation sites excluding steroid dienone is 2. The summed E-state index contributed by atoms with van der Waals surface area (Å²) in [5.41, 5.74) is 3.53. The minimum Gasteiger partial charge on any atom is -0.497 e. The van der Waals surface area contributed by atoms with Crippen molar-refractivity contribution in [1.29, 1.82) is 0 Å². The first-order chi connectivity index (χ1) is 9.78. The van der Waals surface area contributed by atoms with Gasteiger partial charge < -0.3 is 4.74 Å². The molecule has 3 heteroatoms. The van der Waals surface area contributed by atoms with Crippen molar-refractivity contribution in [2.24, 2.45) is 0 Å². The fourth-order valence-corrected chi connectivity index (χ4v) is 2.21. The lowest BCUT2D eigenvalue weighted by molar-refractivity contribution is -0.351. The highest BCUT2D eigenvalue weighted by Gasteiger charge is 2.20. The van der Waals surface area contributed by atoms with Crippen molar-refractivity contribution < 1.29 is 14.5 Å². The van der Waals surface area contributed by atoms with Crippen LogP contribution in [0.25, 0.3) is 0 Å². The van der Waals surface area contributed by atoms with E-state index in [9.17, 15) is 4.79 Å². The van der Waals surface area contributed by atoms with Gasteiger partial charge in [-0.05, 0) is 24.3 Å². The summed E-state index contributed by atoms with van der Waals surface area (Å²) < 4.78 is 5.14. The first-order valence-corrected chi connectivity index (χ1v) is 6.38. The van der Waals surface area contributed by atoms with E-state index in [2.05, 4.69) is 4.99 Å². The summed E-state index contributed by atoms with van der Waals surface area (Å²) in [4.78, 5) is 15.2. The van der Waals surface area contributed by atoms with Crippen LogP contribution in [0.5, 0.6) is 5.75 Å². The number of methoxy groups -OCH3 is 1. The van der Waals surface area contributed by atoms with E-state index in [0.717, 1.165) is 28.3 Å². The predicted molar refractivity (Wildman–Crippen MR) is 77.6 cm³/mol. The molecule has 0 saturated heterocycles. The van der Waals surface area contributed by atoms with Gasteiger partial charge in [0.25, 0.3) is 0 Å². The zero-order chi connectivity index (χ0) is 13.9. The minimum atomic E-state index is 0.0425. The van der Waals surface area contributed by atoms with Gasteiger partial charge in [-0.3, -0.25) is 4.79 Å². The summed E-state index contributed by atoms with van der Waals surface area (Å²) >= 11 is 0. The van der Waals surface area contributed by atoms with Gasteiger partial charge in [0.15, 0.2) is 5.78 Å². The van der Waals surface area contributed by atoms with E-state index in [1.165, 1.54) is 0 Å². The molecule has 0 fully saturated rings. The van der Waals surface area contributed by atoms with Crippen LogP contribution in [-0.2, 0) is 0 Å². The molecule has 20 heavy (non-hydrogen) atoms. The average molecular weight is 264 g/mol. The van der Waals surface area contributed by atoms with Crippen LogP contribution in [0.4, 0.5) is 5.69 Å². The summed E-state index contributed by atoms with van der Waals surface area (Å²) in [7, 11) is 1.64. The quantitative estimate of drug-likeness (QED) is 0.896. The second kappa shape index (κ2) is 5.13. The summed E-state index contributed by atoms with van der Waals surface area (Å²) in [6.07, 6.45) is 3.41. The molecular formula is C17H14NO2+. The molecule has 0 radical (unpaired) electrons. The van der Waals surface area contributed by atoms with Crippen LogP contribution in [0.1, 0.15) is 15.9 Å². The van der Waals surface area contributed by atoms with Gasteiger partial charge in [0, 0.05) is 23.8 Å². The minimum absolute atomic E-state index is 0.0425. The molecule has 1 aliphatic rings. The lowest BCUT2D eigenvalue weighted by Crippen LogP contribution is -2.66. The lowest BCUT2D eigenvalue weighted by atomic mass is 9.94. The zero-order valence-corrected chi connectivity index (χ0v) is 11.1. The first-order valence-electron chi connectivity index (χ1n) is 6.38. The Labute approximate surface area is 117 Å². The highest BCUT2D eigenvalue weighted by molar-refractivity contribution is 6.22. The number of carbonyl (C=O) groups is 1. The summed E-state index contributed by atoms with van der Waals surface area (Å²) in [6.45, 7) is 0. The number of benzene rings is 2. The van der Waals surface area contributed by atoms with Gasteiger partial charge in [-0.25, -0.2) is 4.99 Å². The Kier molecular flexibility index (Phi) is 3.17. The van der Waals surface area contributed by atoms with E-state index in [-0.39, 0.29) is 5.78 Å². The van der Waals surface area contributed by atoms with Crippen LogP contribution in [0, 0.1) is 0 Å². The molecule has 0 bridgehead atoms. The van der Waals surface area contributed by atoms with Gasteiger partial charge in [-0.2, -0.15) is 0 Å². The molecule has 0 spiro atoms. The molecule has 2 aromatic carbocycles. The fraction of sp³-hybridized carbons (Fsp3) is 0.0588. The van der Waals surface area contributed by atoms with Crippen molar-refractivity contribution in [3.63, 3.8) is 0 Å². The SMILES string of the molecule is COc1ccc([NH+]=C2C=CC(=O)c3ccccc32)cc1. The van der Waals surface area contributed by atoms with Crippen molar-refractivity contribution in [2.45, 2.75) is 0 Å². The Hall–Kier alpha value is -2.68. The first kappa shape index (κ1) is 12.4. The number of fused-ring (bicyclic) bond motifs is 1. The number of ether oxygens (including phenoxy) is 1. The third-order valence-electron chi connectivity index (χ3n) is 3.25. The smallest absolute Gasteiger partial charge is 0.212 e. The zero-order valence-electron chi connectivity index (χ0n) is 11.1. The molecule has 3 rings (SSSR count). The Morgan fingerprint density at radius 1 is 0.900 bits per heavy atom. The number of hydrogen-bond donors (Lipinski definition) is 1. The second-order valence-corrected chi connectivity index (χ2v) is 4.51. The van der Waals surface area contributed by atoms with Gasteiger partial charge in [-0.1, -0.05) is 18.2 Å². The van der Waals surface area contributed by atoms with Gasteiger partial charge >= 0.3 is 0 Å². The van der Waals surface area contributed by atoms with Gasteiger partial charge in [0.05, 0.1) is 12.7 Å². The monoisotopic (exact) mass is 264 g/mol. The van der Waals surface area contributed by atoms with Crippen LogP contribution in [0.3, 0.4) is 0 Å². The fourth-order valence-electron chi connectivity index (χ4n) is 2.21. The van der Waals surface area contributed by atoms with Crippen molar-refractivity contribution in [3.05, 3.63) is 71.8 Å². The predicted octanol–water partition coefficient (Wildman–Crippen LogP) is 1.65. The van der Waals surface area contributed by atoms with Gasteiger partial charge in [0.2, 0.25) is 11.4 Å². The van der Waals surface area contributed by atoms with Gasteiger partial charge in [0.1, 0.15) is 5.75 Å². The Bertz CT molecular complexity index is 712. The Morgan fingerprint density at radius 2 is 1.60 bits per heavy atom. The third-order valence-corrected chi connectivity index (χ3v) is 3.25. The van der Waals surface area contributed by atoms with E-state index in [4.69, 9.17) is 4.74 Å². The van der Waals surface area contributed by atoms with Crippen LogP contribution >= 0.6 is 0 Å². The third kappa shape index (κ3) is 2.26. The highest BCUT2D eigenvalue weighted by atomic mass is 16.5. The number of nitrogens with one attached hydrogen (secondary N) is 1. The van der Waals surface area contributed by atoms with Crippen molar-refractivity contribution in [3.8, 4) is 5.75 Å². The summed E-state index contributed by atoms with van der Waals surface area (Å²) in [6, 6.07) is 15.3. The largest absolute Gasteiger partial charge is 0.497 e. The summed E-state index contributed by atoms with van der Waals surface area (Å²) in [5, 5.41) is 0. The average Bonchev–Trinajstić information content (AvgIpc) is 2.51. The number of carbonyl (C=O) groups excluding carboxylic acids is 1. The molecule has 0 aliphatic heterocycles. The second-order valence-electron chi connectivity index (χ2n) is 4.51. The molecule has 0 unspecified atom stereocenters. The van der Waals surface area contributed by atoms with Crippen molar-refractivity contribution in [2.75, 3.05) is 7.11 Å². The topological polar surface area (TPSA) is 40.3 Å². The van der Waals surface area contributed by atoms with Crippen molar-refractivity contribution >= 4 is 17.2 Å². The standard InChI is InChI=1S/C17H13NO2/c1-20-13-8-6-12(7-9-13)18-16-10-11-17(19)15-5-3-2-4-14(15)16/h2-11H,1H3/p+1. The molecule has 0 heterocycles. The maximum atomic E-state index is 11.8. The molecule has 98 valence electrons. The van der Waals surface area contributed by atoms with Crippen molar-refractivity contribution in [1.82, 2.24) is 0 Å². The van der Waals surface area contributed by atoms with Crippen LogP contribution < -0.4 is 9.73 Å². The Balaban J connectivity index is 2.03. The lowest BCUT2D eigenvalue weighted by Gasteiger charge is -2.07. The molecule has 0 amide bonds. The Morgan fingerprint density at radius 3 is 2.30 bits per heavy atom. The molecular weight excluding hydrogens is 250 g/mol. The number of ketones is 1. The molecule has 1 aliphatic carbocycles. The van der Waals surface area contributed by atoms with Crippen LogP contribution in [-0.4, -0.2) is 18.6 Å². The van der Waals surface area contributed by atoms with E-state index < -0.39 is 0 Å².